The minimum absolute atomic E-state index is 0.208. The molecule has 0 saturated carbocycles. The topological polar surface area (TPSA) is 51.1 Å². The fourth-order valence-electron chi connectivity index (χ4n) is 2.50. The first-order chi connectivity index (χ1) is 11.6. The van der Waals surface area contributed by atoms with Crippen LogP contribution >= 0.6 is 0 Å². The molecule has 1 heterocycles. The average molecular weight is 318 g/mol. The maximum Gasteiger partial charge on any atom is 0.255 e. The van der Waals surface area contributed by atoms with E-state index in [4.69, 9.17) is 0 Å². The summed E-state index contributed by atoms with van der Waals surface area (Å²) in [6, 6.07) is 20.8. The molecular weight excluding hydrogens is 300 g/mol. The number of nitrogens with one attached hydrogen (secondary N) is 1. The number of para-hydroxylation sites is 1. The molecule has 2 aromatic carbocycles. The number of anilines is 1. The number of nitrogens with zero attached hydrogens (tertiary/aromatic N) is 1. The van der Waals surface area contributed by atoms with Crippen molar-refractivity contribution in [3.63, 3.8) is 0 Å². The third-order valence-electron chi connectivity index (χ3n) is 3.87. The molecule has 1 aromatic heterocycles. The van der Waals surface area contributed by atoms with Gasteiger partial charge in [-0.15, -0.1) is 0 Å². The standard InChI is InChI=1S/C20H18N2O2/c1-22-12-11-17(14-19(22)23)20(24)21-18-10-6-5-9-16(18)13-15-7-3-2-4-8-15/h2-12,14H,13H2,1H3,(H,21,24). The molecule has 24 heavy (non-hydrogen) atoms. The van der Waals surface area contributed by atoms with Gasteiger partial charge in [-0.05, 0) is 29.7 Å². The summed E-state index contributed by atoms with van der Waals surface area (Å²) in [5.41, 5.74) is 3.11. The van der Waals surface area contributed by atoms with Crippen LogP contribution in [-0.4, -0.2) is 10.5 Å². The van der Waals surface area contributed by atoms with E-state index in [9.17, 15) is 9.59 Å². The molecule has 0 saturated heterocycles. The van der Waals surface area contributed by atoms with Crippen LogP contribution in [0.15, 0.2) is 77.7 Å². The van der Waals surface area contributed by atoms with Crippen molar-refractivity contribution in [2.24, 2.45) is 7.05 Å². The number of hydrogen-bond donors (Lipinski definition) is 1. The number of rotatable bonds is 4. The molecule has 0 spiro atoms. The first kappa shape index (κ1) is 15.7. The minimum Gasteiger partial charge on any atom is -0.322 e. The Labute approximate surface area is 140 Å². The van der Waals surface area contributed by atoms with Crippen molar-refractivity contribution in [1.29, 1.82) is 0 Å². The van der Waals surface area contributed by atoms with Gasteiger partial charge in [0.15, 0.2) is 0 Å². The Kier molecular flexibility index (Phi) is 4.57. The first-order valence-corrected chi connectivity index (χ1v) is 7.73. The van der Waals surface area contributed by atoms with Crippen molar-refractivity contribution in [2.75, 3.05) is 5.32 Å². The molecule has 0 aliphatic heterocycles. The van der Waals surface area contributed by atoms with Crippen molar-refractivity contribution >= 4 is 11.6 Å². The second-order valence-corrected chi connectivity index (χ2v) is 5.64. The van der Waals surface area contributed by atoms with Crippen LogP contribution in [-0.2, 0) is 13.5 Å². The number of carbonyl (C=O) groups excluding carboxylic acids is 1. The van der Waals surface area contributed by atoms with Crippen LogP contribution in [0.25, 0.3) is 0 Å². The molecule has 0 unspecified atom stereocenters. The maximum atomic E-state index is 12.4. The van der Waals surface area contributed by atoms with Gasteiger partial charge in [0, 0.05) is 30.6 Å². The zero-order valence-electron chi connectivity index (χ0n) is 13.4. The van der Waals surface area contributed by atoms with Crippen LogP contribution < -0.4 is 10.9 Å². The summed E-state index contributed by atoms with van der Waals surface area (Å²) in [5, 5.41) is 2.91. The van der Waals surface area contributed by atoms with Gasteiger partial charge in [-0.3, -0.25) is 9.59 Å². The van der Waals surface area contributed by atoms with Gasteiger partial charge < -0.3 is 9.88 Å². The lowest BCUT2D eigenvalue weighted by Crippen LogP contribution is -2.20. The molecule has 4 nitrogen and oxygen atoms in total. The van der Waals surface area contributed by atoms with Crippen molar-refractivity contribution < 1.29 is 4.79 Å². The number of pyridine rings is 1. The summed E-state index contributed by atoms with van der Waals surface area (Å²) in [5.74, 6) is -0.284. The van der Waals surface area contributed by atoms with Crippen LogP contribution in [0.5, 0.6) is 0 Å². The molecule has 0 aliphatic rings. The zero-order chi connectivity index (χ0) is 16.9. The van der Waals surface area contributed by atoms with Gasteiger partial charge in [0.25, 0.3) is 11.5 Å². The Bertz CT molecular complexity index is 914. The molecule has 0 bridgehead atoms. The molecule has 3 rings (SSSR count). The summed E-state index contributed by atoms with van der Waals surface area (Å²) in [4.78, 5) is 24.1. The highest BCUT2D eigenvalue weighted by atomic mass is 16.2. The smallest absolute Gasteiger partial charge is 0.255 e. The van der Waals surface area contributed by atoms with E-state index in [0.29, 0.717) is 5.56 Å². The van der Waals surface area contributed by atoms with E-state index in [-0.39, 0.29) is 11.5 Å². The van der Waals surface area contributed by atoms with E-state index in [1.54, 1.807) is 19.3 Å². The Hall–Kier alpha value is -3.14. The molecule has 0 radical (unpaired) electrons. The van der Waals surface area contributed by atoms with Gasteiger partial charge in [0.1, 0.15) is 0 Å². The SMILES string of the molecule is Cn1ccc(C(=O)Nc2ccccc2Cc2ccccc2)cc1=O. The molecule has 3 aromatic rings. The molecule has 0 fully saturated rings. The quantitative estimate of drug-likeness (QED) is 0.803. The third kappa shape index (κ3) is 3.60. The normalized spacial score (nSPS) is 10.4. The zero-order valence-corrected chi connectivity index (χ0v) is 13.4. The number of carbonyl (C=O) groups is 1. The summed E-state index contributed by atoms with van der Waals surface area (Å²) in [6.07, 6.45) is 2.32. The van der Waals surface area contributed by atoms with E-state index < -0.39 is 0 Å². The second kappa shape index (κ2) is 6.96. The molecular formula is C20H18N2O2. The summed E-state index contributed by atoms with van der Waals surface area (Å²) < 4.78 is 1.43. The number of aryl methyl sites for hydroxylation is 1. The van der Waals surface area contributed by atoms with Crippen molar-refractivity contribution in [3.8, 4) is 0 Å². The maximum absolute atomic E-state index is 12.4. The Balaban J connectivity index is 1.83. The van der Waals surface area contributed by atoms with E-state index >= 15 is 0 Å². The van der Waals surface area contributed by atoms with Crippen LogP contribution in [0.4, 0.5) is 5.69 Å². The average Bonchev–Trinajstić information content (AvgIpc) is 2.60. The van der Waals surface area contributed by atoms with Crippen LogP contribution in [0.2, 0.25) is 0 Å². The lowest BCUT2D eigenvalue weighted by molar-refractivity contribution is 0.102. The third-order valence-corrected chi connectivity index (χ3v) is 3.87. The highest BCUT2D eigenvalue weighted by Crippen LogP contribution is 2.19. The van der Waals surface area contributed by atoms with Crippen molar-refractivity contribution in [1.82, 2.24) is 4.57 Å². The highest BCUT2D eigenvalue weighted by molar-refractivity contribution is 6.04. The fourth-order valence-corrected chi connectivity index (χ4v) is 2.50. The summed E-state index contributed by atoms with van der Waals surface area (Å²) in [7, 11) is 1.65. The number of benzene rings is 2. The van der Waals surface area contributed by atoms with E-state index in [1.165, 1.54) is 16.2 Å². The van der Waals surface area contributed by atoms with E-state index in [2.05, 4.69) is 17.4 Å². The van der Waals surface area contributed by atoms with Gasteiger partial charge in [0.05, 0.1) is 0 Å². The number of hydrogen-bond acceptors (Lipinski definition) is 2. The predicted molar refractivity (Wildman–Crippen MR) is 95.3 cm³/mol. The molecule has 0 aliphatic carbocycles. The van der Waals surface area contributed by atoms with Gasteiger partial charge in [0.2, 0.25) is 0 Å². The number of aromatic nitrogens is 1. The second-order valence-electron chi connectivity index (χ2n) is 5.64. The summed E-state index contributed by atoms with van der Waals surface area (Å²) in [6.45, 7) is 0. The molecule has 0 atom stereocenters. The molecule has 120 valence electrons. The largest absolute Gasteiger partial charge is 0.322 e. The van der Waals surface area contributed by atoms with Crippen molar-refractivity contribution in [3.05, 3.63) is 100.0 Å². The fraction of sp³-hybridized carbons (Fsp3) is 0.100. The molecule has 1 N–H and O–H groups in total. The number of amides is 1. The Morgan fingerprint density at radius 3 is 2.46 bits per heavy atom. The highest BCUT2D eigenvalue weighted by Gasteiger charge is 2.10. The lowest BCUT2D eigenvalue weighted by atomic mass is 10.0. The van der Waals surface area contributed by atoms with E-state index in [0.717, 1.165) is 17.7 Å². The van der Waals surface area contributed by atoms with Crippen LogP contribution in [0.3, 0.4) is 0 Å². The minimum atomic E-state index is -0.284. The van der Waals surface area contributed by atoms with Gasteiger partial charge in [-0.25, -0.2) is 0 Å². The van der Waals surface area contributed by atoms with Crippen LogP contribution in [0, 0.1) is 0 Å². The lowest BCUT2D eigenvalue weighted by Gasteiger charge is -2.11. The van der Waals surface area contributed by atoms with Crippen molar-refractivity contribution in [2.45, 2.75) is 6.42 Å². The first-order valence-electron chi connectivity index (χ1n) is 7.73. The predicted octanol–water partition coefficient (Wildman–Crippen LogP) is 3.23. The van der Waals surface area contributed by atoms with E-state index in [1.807, 2.05) is 42.5 Å². The Morgan fingerprint density at radius 2 is 1.71 bits per heavy atom. The molecule has 4 heteroatoms. The van der Waals surface area contributed by atoms with Crippen LogP contribution in [0.1, 0.15) is 21.5 Å². The van der Waals surface area contributed by atoms with Gasteiger partial charge >= 0.3 is 0 Å². The monoisotopic (exact) mass is 318 g/mol. The van der Waals surface area contributed by atoms with Gasteiger partial charge in [-0.2, -0.15) is 0 Å². The summed E-state index contributed by atoms with van der Waals surface area (Å²) >= 11 is 0. The Morgan fingerprint density at radius 1 is 1.00 bits per heavy atom. The molecule has 1 amide bonds. The van der Waals surface area contributed by atoms with Gasteiger partial charge in [-0.1, -0.05) is 48.5 Å².